The molecular formula is C21H21NO2. The topological polar surface area (TPSA) is 40.5 Å². The number of aryl methyl sites for hydroxylation is 1. The fourth-order valence-electron chi connectivity index (χ4n) is 3.01. The average molecular weight is 319 g/mol. The third-order valence-electron chi connectivity index (χ3n) is 4.37. The molecule has 2 aromatic carbocycles. The summed E-state index contributed by atoms with van der Waals surface area (Å²) in [5.74, 6) is 5.85. The van der Waals surface area contributed by atoms with Crippen LogP contribution in [-0.4, -0.2) is 24.2 Å². The Kier molecular flexibility index (Phi) is 5.30. The number of carbonyl (C=O) groups excluding carboxylic acids is 1. The number of β-lactam (4-membered cyclic amide) rings is 1. The van der Waals surface area contributed by atoms with Crippen molar-refractivity contribution < 1.29 is 9.90 Å². The van der Waals surface area contributed by atoms with Gasteiger partial charge in [0.1, 0.15) is 6.61 Å². The molecule has 3 rings (SSSR count). The molecule has 0 saturated carbocycles. The Morgan fingerprint density at radius 3 is 2.50 bits per heavy atom. The molecule has 1 aliphatic rings. The number of hydrogen-bond acceptors (Lipinski definition) is 2. The average Bonchev–Trinajstić information content (AvgIpc) is 2.63. The largest absolute Gasteiger partial charge is 0.384 e. The number of rotatable bonds is 5. The van der Waals surface area contributed by atoms with Crippen molar-refractivity contribution in [3.63, 3.8) is 0 Å². The van der Waals surface area contributed by atoms with Crippen LogP contribution in [0, 0.1) is 17.8 Å². The van der Waals surface area contributed by atoms with Crippen LogP contribution < -0.4 is 4.90 Å². The Morgan fingerprint density at radius 1 is 1.08 bits per heavy atom. The van der Waals surface area contributed by atoms with Gasteiger partial charge in [-0.15, -0.1) is 0 Å². The van der Waals surface area contributed by atoms with E-state index in [1.54, 1.807) is 0 Å². The van der Waals surface area contributed by atoms with Crippen LogP contribution in [0.4, 0.5) is 5.69 Å². The van der Waals surface area contributed by atoms with Crippen LogP contribution in [0.2, 0.25) is 0 Å². The lowest BCUT2D eigenvalue weighted by atomic mass is 9.91. The third-order valence-corrected chi connectivity index (χ3v) is 4.37. The van der Waals surface area contributed by atoms with Gasteiger partial charge in [0.25, 0.3) is 0 Å². The van der Waals surface area contributed by atoms with E-state index in [1.165, 1.54) is 5.56 Å². The van der Waals surface area contributed by atoms with Crippen LogP contribution in [-0.2, 0) is 11.2 Å². The molecule has 1 amide bonds. The predicted molar refractivity (Wildman–Crippen MR) is 95.6 cm³/mol. The van der Waals surface area contributed by atoms with E-state index >= 15 is 0 Å². The number of hydrogen-bond donors (Lipinski definition) is 1. The molecule has 1 N–H and O–H groups in total. The van der Waals surface area contributed by atoms with Crippen molar-refractivity contribution in [3.8, 4) is 11.8 Å². The molecule has 122 valence electrons. The van der Waals surface area contributed by atoms with Crippen molar-refractivity contribution in [2.75, 3.05) is 18.1 Å². The molecular weight excluding hydrogens is 298 g/mol. The van der Waals surface area contributed by atoms with Gasteiger partial charge >= 0.3 is 0 Å². The van der Waals surface area contributed by atoms with Crippen molar-refractivity contribution in [1.82, 2.24) is 0 Å². The van der Waals surface area contributed by atoms with Crippen LogP contribution in [0.25, 0.3) is 0 Å². The summed E-state index contributed by atoms with van der Waals surface area (Å²) in [5.41, 5.74) is 3.11. The lowest BCUT2D eigenvalue weighted by molar-refractivity contribution is -0.127. The van der Waals surface area contributed by atoms with Crippen molar-refractivity contribution in [2.24, 2.45) is 5.92 Å². The van der Waals surface area contributed by atoms with Gasteiger partial charge in [-0.1, -0.05) is 42.2 Å². The van der Waals surface area contributed by atoms with Gasteiger partial charge in [0.15, 0.2) is 0 Å². The van der Waals surface area contributed by atoms with E-state index in [0.29, 0.717) is 0 Å². The Bertz CT molecular complexity index is 741. The molecule has 0 aromatic heterocycles. The Balaban J connectivity index is 1.48. The zero-order chi connectivity index (χ0) is 16.8. The van der Waals surface area contributed by atoms with E-state index in [0.717, 1.165) is 37.1 Å². The predicted octanol–water partition coefficient (Wildman–Crippen LogP) is 3.02. The summed E-state index contributed by atoms with van der Waals surface area (Å²) in [6.45, 7) is 0.659. The van der Waals surface area contributed by atoms with Gasteiger partial charge in [-0.25, -0.2) is 0 Å². The molecule has 3 heteroatoms. The monoisotopic (exact) mass is 319 g/mol. The molecule has 1 saturated heterocycles. The molecule has 24 heavy (non-hydrogen) atoms. The fraction of sp³-hybridized carbons (Fsp3) is 0.286. The number of anilines is 1. The second kappa shape index (κ2) is 7.81. The number of aliphatic hydroxyl groups excluding tert-OH is 1. The van der Waals surface area contributed by atoms with Crippen molar-refractivity contribution in [3.05, 3.63) is 65.7 Å². The van der Waals surface area contributed by atoms with Crippen LogP contribution >= 0.6 is 0 Å². The van der Waals surface area contributed by atoms with Crippen molar-refractivity contribution >= 4 is 11.6 Å². The highest BCUT2D eigenvalue weighted by Gasteiger charge is 2.36. The first-order valence-corrected chi connectivity index (χ1v) is 8.33. The summed E-state index contributed by atoms with van der Waals surface area (Å²) in [6, 6.07) is 18.0. The molecule has 1 fully saturated rings. The second-order valence-electron chi connectivity index (χ2n) is 6.03. The van der Waals surface area contributed by atoms with E-state index in [2.05, 4.69) is 36.1 Å². The minimum Gasteiger partial charge on any atom is -0.384 e. The van der Waals surface area contributed by atoms with Crippen LogP contribution in [0.15, 0.2) is 54.6 Å². The number of aliphatic hydroxyl groups is 1. The SMILES string of the molecule is O=C1C(CCCc2ccccc2)CN1c1ccc(C#CCO)cc1. The first-order chi connectivity index (χ1) is 11.8. The second-order valence-corrected chi connectivity index (χ2v) is 6.03. The van der Waals surface area contributed by atoms with Crippen molar-refractivity contribution in [2.45, 2.75) is 19.3 Å². The minimum atomic E-state index is -0.142. The summed E-state index contributed by atoms with van der Waals surface area (Å²) < 4.78 is 0. The molecule has 1 heterocycles. The summed E-state index contributed by atoms with van der Waals surface area (Å²) in [5, 5.41) is 8.70. The zero-order valence-corrected chi connectivity index (χ0v) is 13.6. The molecule has 1 aliphatic heterocycles. The van der Waals surface area contributed by atoms with Gasteiger partial charge in [-0.2, -0.15) is 0 Å². The van der Waals surface area contributed by atoms with Gasteiger partial charge in [0.2, 0.25) is 5.91 Å². The highest BCUT2D eigenvalue weighted by atomic mass is 16.2. The van der Waals surface area contributed by atoms with E-state index in [9.17, 15) is 4.79 Å². The summed E-state index contributed by atoms with van der Waals surface area (Å²) >= 11 is 0. The van der Waals surface area contributed by atoms with Crippen molar-refractivity contribution in [1.29, 1.82) is 0 Å². The summed E-state index contributed by atoms with van der Waals surface area (Å²) in [6.07, 6.45) is 3.02. The number of benzene rings is 2. The fourth-order valence-corrected chi connectivity index (χ4v) is 3.01. The first kappa shape index (κ1) is 16.3. The maximum atomic E-state index is 12.3. The normalized spacial score (nSPS) is 16.3. The smallest absolute Gasteiger partial charge is 0.231 e. The molecule has 0 bridgehead atoms. The van der Waals surface area contributed by atoms with Crippen LogP contribution in [0.1, 0.15) is 24.0 Å². The Labute approximate surface area is 142 Å². The Hall–Kier alpha value is -2.57. The molecule has 2 aromatic rings. The molecule has 3 nitrogen and oxygen atoms in total. The van der Waals surface area contributed by atoms with Gasteiger partial charge in [0.05, 0.1) is 5.92 Å². The molecule has 0 radical (unpaired) electrons. The standard InChI is InChI=1S/C21H21NO2/c23-15-5-9-18-11-13-20(14-12-18)22-16-19(21(22)24)10-4-8-17-6-2-1-3-7-17/h1-3,6-7,11-14,19,23H,4,8,10,15-16H2. The van der Waals surface area contributed by atoms with Gasteiger partial charge in [-0.05, 0) is 49.1 Å². The maximum absolute atomic E-state index is 12.3. The lowest BCUT2D eigenvalue weighted by Gasteiger charge is -2.38. The molecule has 0 aliphatic carbocycles. The minimum absolute atomic E-state index is 0.142. The lowest BCUT2D eigenvalue weighted by Crippen LogP contribution is -2.52. The molecule has 1 unspecified atom stereocenters. The van der Waals surface area contributed by atoms with E-state index < -0.39 is 0 Å². The highest BCUT2D eigenvalue weighted by Crippen LogP contribution is 2.29. The van der Waals surface area contributed by atoms with E-state index in [4.69, 9.17) is 5.11 Å². The molecule has 1 atom stereocenters. The number of carbonyl (C=O) groups is 1. The van der Waals surface area contributed by atoms with Crippen LogP contribution in [0.5, 0.6) is 0 Å². The highest BCUT2D eigenvalue weighted by molar-refractivity contribution is 6.01. The van der Waals surface area contributed by atoms with Crippen LogP contribution in [0.3, 0.4) is 0 Å². The van der Waals surface area contributed by atoms with Gasteiger partial charge < -0.3 is 10.0 Å². The third kappa shape index (κ3) is 3.84. The quantitative estimate of drug-likeness (QED) is 0.680. The summed E-state index contributed by atoms with van der Waals surface area (Å²) in [4.78, 5) is 14.2. The zero-order valence-electron chi connectivity index (χ0n) is 13.6. The maximum Gasteiger partial charge on any atom is 0.231 e. The molecule has 0 spiro atoms. The first-order valence-electron chi connectivity index (χ1n) is 8.33. The Morgan fingerprint density at radius 2 is 1.83 bits per heavy atom. The summed E-state index contributed by atoms with van der Waals surface area (Å²) in [7, 11) is 0. The van der Waals surface area contributed by atoms with Gasteiger partial charge in [-0.3, -0.25) is 4.79 Å². The number of amides is 1. The number of nitrogens with zero attached hydrogens (tertiary/aromatic N) is 1. The van der Waals surface area contributed by atoms with E-state index in [1.807, 2.05) is 35.2 Å². The van der Waals surface area contributed by atoms with Gasteiger partial charge in [0, 0.05) is 17.8 Å². The van der Waals surface area contributed by atoms with E-state index in [-0.39, 0.29) is 18.4 Å².